The zero-order valence-corrected chi connectivity index (χ0v) is 7.53. The summed E-state index contributed by atoms with van der Waals surface area (Å²) in [5.41, 5.74) is 0.516. The van der Waals surface area contributed by atoms with Crippen molar-refractivity contribution in [3.63, 3.8) is 0 Å². The van der Waals surface area contributed by atoms with Crippen molar-refractivity contribution in [2.75, 3.05) is 6.54 Å². The van der Waals surface area contributed by atoms with Gasteiger partial charge in [-0.15, -0.1) is 0 Å². The minimum Gasteiger partial charge on any atom is -0.311 e. The first-order valence-corrected chi connectivity index (χ1v) is 5.04. The van der Waals surface area contributed by atoms with Crippen LogP contribution in [0, 0.1) is 5.92 Å². The molecule has 2 aliphatic rings. The van der Waals surface area contributed by atoms with Gasteiger partial charge in [-0.25, -0.2) is 0 Å². The molecule has 0 unspecified atom stereocenters. The molecule has 0 aromatic heterocycles. The molecule has 0 aliphatic heterocycles. The molecule has 0 atom stereocenters. The van der Waals surface area contributed by atoms with E-state index in [0.29, 0.717) is 5.54 Å². The fourth-order valence-electron chi connectivity index (χ4n) is 2.04. The van der Waals surface area contributed by atoms with E-state index in [-0.39, 0.29) is 0 Å². The number of rotatable bonds is 3. The number of hydrogen-bond donors (Lipinski definition) is 1. The highest BCUT2D eigenvalue weighted by atomic mass is 15.0. The summed E-state index contributed by atoms with van der Waals surface area (Å²) >= 11 is 0. The van der Waals surface area contributed by atoms with Gasteiger partial charge in [-0.1, -0.05) is 12.8 Å². The molecule has 0 amide bonds. The van der Waals surface area contributed by atoms with Crippen LogP contribution >= 0.6 is 0 Å². The van der Waals surface area contributed by atoms with Crippen LogP contribution < -0.4 is 5.32 Å². The molecule has 0 aromatic rings. The molecule has 64 valence electrons. The summed E-state index contributed by atoms with van der Waals surface area (Å²) in [6, 6.07) is 0. The van der Waals surface area contributed by atoms with Crippen molar-refractivity contribution in [3.8, 4) is 0 Å². The van der Waals surface area contributed by atoms with Crippen molar-refractivity contribution < 1.29 is 0 Å². The van der Waals surface area contributed by atoms with Crippen LogP contribution in [0.5, 0.6) is 0 Å². The second-order valence-corrected chi connectivity index (χ2v) is 4.59. The van der Waals surface area contributed by atoms with E-state index < -0.39 is 0 Å². The fourth-order valence-corrected chi connectivity index (χ4v) is 2.04. The van der Waals surface area contributed by atoms with E-state index in [2.05, 4.69) is 12.2 Å². The topological polar surface area (TPSA) is 12.0 Å². The molecule has 1 nitrogen and oxygen atoms in total. The van der Waals surface area contributed by atoms with Crippen LogP contribution in [-0.4, -0.2) is 12.1 Å². The zero-order valence-electron chi connectivity index (χ0n) is 7.53. The monoisotopic (exact) mass is 153 g/mol. The van der Waals surface area contributed by atoms with E-state index in [1.165, 1.54) is 45.1 Å². The largest absolute Gasteiger partial charge is 0.311 e. The highest BCUT2D eigenvalue weighted by Gasteiger charge is 2.30. The Balaban J connectivity index is 1.73. The van der Waals surface area contributed by atoms with E-state index in [4.69, 9.17) is 0 Å². The smallest absolute Gasteiger partial charge is 0.0153 e. The minimum atomic E-state index is 0.516. The lowest BCUT2D eigenvalue weighted by Crippen LogP contribution is -2.40. The van der Waals surface area contributed by atoms with E-state index >= 15 is 0 Å². The molecule has 2 rings (SSSR count). The van der Waals surface area contributed by atoms with Gasteiger partial charge in [0, 0.05) is 5.54 Å². The van der Waals surface area contributed by atoms with Crippen LogP contribution in [0.2, 0.25) is 0 Å². The maximum Gasteiger partial charge on any atom is 0.0153 e. The van der Waals surface area contributed by atoms with Gasteiger partial charge >= 0.3 is 0 Å². The van der Waals surface area contributed by atoms with Crippen LogP contribution in [0.25, 0.3) is 0 Å². The second kappa shape index (κ2) is 2.78. The molecular weight excluding hydrogens is 134 g/mol. The average molecular weight is 153 g/mol. The lowest BCUT2D eigenvalue weighted by molar-refractivity contribution is 0.358. The summed E-state index contributed by atoms with van der Waals surface area (Å²) in [6.45, 7) is 3.68. The normalized spacial score (nSPS) is 29.2. The van der Waals surface area contributed by atoms with E-state index in [1.54, 1.807) is 0 Å². The van der Waals surface area contributed by atoms with Crippen LogP contribution in [-0.2, 0) is 0 Å². The van der Waals surface area contributed by atoms with Crippen molar-refractivity contribution >= 4 is 0 Å². The summed E-state index contributed by atoms with van der Waals surface area (Å²) in [6.07, 6.45) is 8.63. The molecule has 0 aromatic carbocycles. The number of nitrogens with one attached hydrogen (secondary N) is 1. The molecular formula is C10H19N. The lowest BCUT2D eigenvalue weighted by atomic mass is 10.0. The SMILES string of the molecule is CC1(NCC2CC2)CCCC1. The molecule has 1 N–H and O–H groups in total. The van der Waals surface area contributed by atoms with Gasteiger partial charge in [-0.05, 0) is 45.1 Å². The first-order chi connectivity index (χ1) is 5.29. The highest BCUT2D eigenvalue weighted by molar-refractivity contribution is 4.90. The van der Waals surface area contributed by atoms with E-state index in [9.17, 15) is 0 Å². The van der Waals surface area contributed by atoms with Gasteiger partial charge in [0.05, 0.1) is 0 Å². The third-order valence-electron chi connectivity index (χ3n) is 3.22. The van der Waals surface area contributed by atoms with Crippen LogP contribution in [0.3, 0.4) is 0 Å². The van der Waals surface area contributed by atoms with Crippen LogP contribution in [0.4, 0.5) is 0 Å². The van der Waals surface area contributed by atoms with Crippen molar-refractivity contribution in [2.45, 2.75) is 51.0 Å². The molecule has 1 heteroatoms. The molecule has 2 fully saturated rings. The van der Waals surface area contributed by atoms with Gasteiger partial charge in [-0.3, -0.25) is 0 Å². The Hall–Kier alpha value is -0.0400. The summed E-state index contributed by atoms with van der Waals surface area (Å²) in [7, 11) is 0. The predicted molar refractivity (Wildman–Crippen MR) is 47.6 cm³/mol. The first-order valence-electron chi connectivity index (χ1n) is 5.04. The third-order valence-corrected chi connectivity index (χ3v) is 3.22. The summed E-state index contributed by atoms with van der Waals surface area (Å²) in [5.74, 6) is 1.03. The highest BCUT2D eigenvalue weighted by Crippen LogP contribution is 2.32. The van der Waals surface area contributed by atoms with Gasteiger partial charge < -0.3 is 5.32 Å². The molecule has 2 aliphatic carbocycles. The van der Waals surface area contributed by atoms with Crippen LogP contribution in [0.15, 0.2) is 0 Å². The van der Waals surface area contributed by atoms with Crippen molar-refractivity contribution in [2.24, 2.45) is 5.92 Å². The molecule has 0 spiro atoms. The van der Waals surface area contributed by atoms with Gasteiger partial charge in [0.25, 0.3) is 0 Å². The van der Waals surface area contributed by atoms with Gasteiger partial charge in [0.2, 0.25) is 0 Å². The quantitative estimate of drug-likeness (QED) is 0.656. The predicted octanol–water partition coefficient (Wildman–Crippen LogP) is 2.32. The van der Waals surface area contributed by atoms with E-state index in [0.717, 1.165) is 5.92 Å². The maximum absolute atomic E-state index is 3.72. The molecule has 0 saturated heterocycles. The Kier molecular flexibility index (Phi) is 1.92. The second-order valence-electron chi connectivity index (χ2n) is 4.59. The molecule has 2 saturated carbocycles. The molecule has 0 radical (unpaired) electrons. The van der Waals surface area contributed by atoms with Gasteiger partial charge in [0.15, 0.2) is 0 Å². The Bertz CT molecular complexity index is 132. The Morgan fingerprint density at radius 3 is 2.45 bits per heavy atom. The molecule has 0 bridgehead atoms. The standard InChI is InChI=1S/C10H19N/c1-10(6-2-3-7-10)11-8-9-4-5-9/h9,11H,2-8H2,1H3. The van der Waals surface area contributed by atoms with Gasteiger partial charge in [0.1, 0.15) is 0 Å². The Morgan fingerprint density at radius 2 is 1.91 bits per heavy atom. The Labute approximate surface area is 69.6 Å². The van der Waals surface area contributed by atoms with Crippen LogP contribution in [0.1, 0.15) is 45.4 Å². The van der Waals surface area contributed by atoms with Crippen molar-refractivity contribution in [1.82, 2.24) is 5.32 Å². The minimum absolute atomic E-state index is 0.516. The third kappa shape index (κ3) is 1.96. The lowest BCUT2D eigenvalue weighted by Gasteiger charge is -2.25. The molecule has 11 heavy (non-hydrogen) atoms. The maximum atomic E-state index is 3.72. The van der Waals surface area contributed by atoms with E-state index in [1.807, 2.05) is 0 Å². The summed E-state index contributed by atoms with van der Waals surface area (Å²) in [5, 5.41) is 3.72. The summed E-state index contributed by atoms with van der Waals surface area (Å²) < 4.78 is 0. The molecule has 0 heterocycles. The first kappa shape index (κ1) is 7.60. The average Bonchev–Trinajstić information content (AvgIpc) is 2.73. The van der Waals surface area contributed by atoms with Crippen molar-refractivity contribution in [3.05, 3.63) is 0 Å². The fraction of sp³-hybridized carbons (Fsp3) is 1.00. The zero-order chi connectivity index (χ0) is 7.73. The van der Waals surface area contributed by atoms with Crippen molar-refractivity contribution in [1.29, 1.82) is 0 Å². The summed E-state index contributed by atoms with van der Waals surface area (Å²) in [4.78, 5) is 0. The Morgan fingerprint density at radius 1 is 1.27 bits per heavy atom. The number of hydrogen-bond acceptors (Lipinski definition) is 1. The van der Waals surface area contributed by atoms with Gasteiger partial charge in [-0.2, -0.15) is 0 Å².